The summed E-state index contributed by atoms with van der Waals surface area (Å²) in [6.07, 6.45) is 6.52. The Morgan fingerprint density at radius 1 is 1.32 bits per heavy atom. The molecule has 0 spiro atoms. The largest absolute Gasteiger partial charge is 0.343 e. The first kappa shape index (κ1) is 15.7. The van der Waals surface area contributed by atoms with Crippen LogP contribution in [-0.2, 0) is 4.79 Å². The van der Waals surface area contributed by atoms with Gasteiger partial charge in [-0.3, -0.25) is 9.89 Å². The maximum Gasteiger partial charge on any atom is 0.222 e. The van der Waals surface area contributed by atoms with E-state index in [0.29, 0.717) is 28.6 Å². The van der Waals surface area contributed by atoms with Gasteiger partial charge in [-0.1, -0.05) is 6.42 Å². The molecule has 5 nitrogen and oxygen atoms in total. The van der Waals surface area contributed by atoms with Crippen LogP contribution in [0.5, 0.6) is 0 Å². The number of aromatic nitrogens is 3. The van der Waals surface area contributed by atoms with Crippen LogP contribution in [0.25, 0.3) is 0 Å². The second-order valence-electron chi connectivity index (χ2n) is 7.01. The van der Waals surface area contributed by atoms with Gasteiger partial charge in [-0.15, -0.1) is 0 Å². The average molecular weight is 322 g/mol. The fourth-order valence-electron chi connectivity index (χ4n) is 3.56. The minimum absolute atomic E-state index is 0.319. The van der Waals surface area contributed by atoms with Gasteiger partial charge in [0.2, 0.25) is 5.91 Å². The van der Waals surface area contributed by atoms with E-state index in [-0.39, 0.29) is 0 Å². The molecule has 1 amide bonds. The molecule has 1 aliphatic heterocycles. The van der Waals surface area contributed by atoms with Crippen molar-refractivity contribution in [1.29, 1.82) is 0 Å². The third-order valence-corrected chi connectivity index (χ3v) is 5.44. The third kappa shape index (κ3) is 3.12. The van der Waals surface area contributed by atoms with Crippen molar-refractivity contribution < 1.29 is 4.79 Å². The quantitative estimate of drug-likeness (QED) is 0.864. The lowest BCUT2D eigenvalue weighted by Crippen LogP contribution is -2.39. The lowest BCUT2D eigenvalue weighted by Gasteiger charge is -2.34. The molecule has 0 unspecified atom stereocenters. The fraction of sp³-hybridized carbons (Fsp3) is 0.812. The smallest absolute Gasteiger partial charge is 0.222 e. The maximum atomic E-state index is 12.3. The molecule has 1 aliphatic carbocycles. The summed E-state index contributed by atoms with van der Waals surface area (Å²) in [4.78, 5) is 14.4. The van der Waals surface area contributed by atoms with Crippen molar-refractivity contribution >= 4 is 18.1 Å². The van der Waals surface area contributed by atoms with E-state index in [1.807, 2.05) is 0 Å². The Morgan fingerprint density at radius 3 is 2.55 bits per heavy atom. The van der Waals surface area contributed by atoms with Crippen LogP contribution in [0.2, 0.25) is 0 Å². The number of rotatable bonds is 4. The van der Waals surface area contributed by atoms with Crippen LogP contribution in [0.3, 0.4) is 0 Å². The van der Waals surface area contributed by atoms with Crippen molar-refractivity contribution in [3.8, 4) is 0 Å². The van der Waals surface area contributed by atoms with Crippen LogP contribution in [0, 0.1) is 10.7 Å². The number of carbonyl (C=O) groups excluding carboxylic acids is 1. The van der Waals surface area contributed by atoms with Crippen molar-refractivity contribution in [3.05, 3.63) is 10.6 Å². The van der Waals surface area contributed by atoms with Gasteiger partial charge in [-0.05, 0) is 57.7 Å². The van der Waals surface area contributed by atoms with Gasteiger partial charge >= 0.3 is 0 Å². The van der Waals surface area contributed by atoms with Gasteiger partial charge in [0.15, 0.2) is 4.77 Å². The van der Waals surface area contributed by atoms with Gasteiger partial charge < -0.3 is 9.47 Å². The Kier molecular flexibility index (Phi) is 4.66. The van der Waals surface area contributed by atoms with Crippen LogP contribution < -0.4 is 0 Å². The van der Waals surface area contributed by atoms with E-state index in [4.69, 9.17) is 12.2 Å². The number of likely N-dealkylation sites (tertiary alicyclic amines) is 1. The summed E-state index contributed by atoms with van der Waals surface area (Å²) in [5, 5.41) is 7.37. The van der Waals surface area contributed by atoms with Gasteiger partial charge in [0.05, 0.1) is 0 Å². The number of nitrogens with one attached hydrogen (secondary N) is 1. The summed E-state index contributed by atoms with van der Waals surface area (Å²) in [7, 11) is 0. The molecule has 1 saturated heterocycles. The number of hydrogen-bond acceptors (Lipinski definition) is 3. The second kappa shape index (κ2) is 6.52. The highest BCUT2D eigenvalue weighted by molar-refractivity contribution is 7.71. The Bertz CT molecular complexity index is 579. The molecule has 2 aliphatic rings. The summed E-state index contributed by atoms with van der Waals surface area (Å²) < 4.78 is 2.82. The number of H-pyrrole nitrogens is 1. The molecule has 122 valence electrons. The molecule has 2 heterocycles. The summed E-state index contributed by atoms with van der Waals surface area (Å²) in [6, 6.07) is 0.319. The van der Waals surface area contributed by atoms with Crippen LogP contribution in [0.4, 0.5) is 0 Å². The first-order chi connectivity index (χ1) is 10.6. The van der Waals surface area contributed by atoms with Crippen molar-refractivity contribution in [2.45, 2.75) is 64.3 Å². The molecule has 1 aromatic rings. The molecular weight excluding hydrogens is 296 g/mol. The molecule has 0 bridgehead atoms. The minimum Gasteiger partial charge on any atom is -0.343 e. The highest BCUT2D eigenvalue weighted by Gasteiger charge is 2.29. The van der Waals surface area contributed by atoms with E-state index in [1.54, 1.807) is 0 Å². The predicted octanol–water partition coefficient (Wildman–Crippen LogP) is 3.42. The van der Waals surface area contributed by atoms with Gasteiger partial charge in [0.25, 0.3) is 0 Å². The number of carbonyl (C=O) groups is 1. The number of aromatic amines is 1. The first-order valence-electron chi connectivity index (χ1n) is 8.51. The van der Waals surface area contributed by atoms with E-state index in [9.17, 15) is 4.79 Å². The predicted molar refractivity (Wildman–Crippen MR) is 88.3 cm³/mol. The maximum absolute atomic E-state index is 12.3. The van der Waals surface area contributed by atoms with E-state index >= 15 is 0 Å². The molecule has 2 fully saturated rings. The zero-order valence-corrected chi connectivity index (χ0v) is 14.4. The standard InChI is InChI=1S/C16H26N4OS/c1-11(2)20-15(17-18-16(20)22)13-6-8-19(9-7-13)14(21)10-12-4-3-5-12/h11-13H,3-10H2,1-2H3,(H,18,22). The second-order valence-corrected chi connectivity index (χ2v) is 7.39. The van der Waals surface area contributed by atoms with Gasteiger partial charge in [-0.25, -0.2) is 0 Å². The van der Waals surface area contributed by atoms with E-state index < -0.39 is 0 Å². The minimum atomic E-state index is 0.319. The molecule has 22 heavy (non-hydrogen) atoms. The lowest BCUT2D eigenvalue weighted by molar-refractivity contribution is -0.133. The normalized spacial score (nSPS) is 20.4. The summed E-state index contributed by atoms with van der Waals surface area (Å²) in [5.74, 6) is 2.47. The van der Waals surface area contributed by atoms with Crippen LogP contribution in [0.15, 0.2) is 0 Å². The zero-order valence-electron chi connectivity index (χ0n) is 13.5. The Labute approximate surface area is 137 Å². The molecule has 0 atom stereocenters. The summed E-state index contributed by atoms with van der Waals surface area (Å²) in [5.41, 5.74) is 0. The van der Waals surface area contributed by atoms with Gasteiger partial charge in [0.1, 0.15) is 5.82 Å². The average Bonchev–Trinajstić information content (AvgIpc) is 2.85. The van der Waals surface area contributed by atoms with Gasteiger partial charge in [0, 0.05) is 31.5 Å². The lowest BCUT2D eigenvalue weighted by atomic mass is 9.82. The number of amides is 1. The molecule has 1 aromatic heterocycles. The molecule has 1 saturated carbocycles. The third-order valence-electron chi connectivity index (χ3n) is 5.15. The molecule has 6 heteroatoms. The van der Waals surface area contributed by atoms with Crippen molar-refractivity contribution in [3.63, 3.8) is 0 Å². The first-order valence-corrected chi connectivity index (χ1v) is 8.91. The van der Waals surface area contributed by atoms with E-state index in [2.05, 4.69) is 33.5 Å². The highest BCUT2D eigenvalue weighted by Crippen LogP contribution is 2.32. The summed E-state index contributed by atoms with van der Waals surface area (Å²) >= 11 is 5.33. The molecule has 0 aromatic carbocycles. The van der Waals surface area contributed by atoms with Crippen molar-refractivity contribution in [2.24, 2.45) is 5.92 Å². The highest BCUT2D eigenvalue weighted by atomic mass is 32.1. The Hall–Kier alpha value is -1.17. The van der Waals surface area contributed by atoms with Crippen LogP contribution >= 0.6 is 12.2 Å². The SMILES string of the molecule is CC(C)n1c(C2CCN(C(=O)CC3CCC3)CC2)n[nH]c1=S. The molecular formula is C16H26N4OS. The van der Waals surface area contributed by atoms with E-state index in [1.165, 1.54) is 19.3 Å². The van der Waals surface area contributed by atoms with Crippen molar-refractivity contribution in [2.75, 3.05) is 13.1 Å². The molecule has 0 radical (unpaired) electrons. The Morgan fingerprint density at radius 2 is 2.00 bits per heavy atom. The zero-order chi connectivity index (χ0) is 15.7. The Balaban J connectivity index is 1.59. The topological polar surface area (TPSA) is 53.9 Å². The fourth-order valence-corrected chi connectivity index (χ4v) is 3.91. The van der Waals surface area contributed by atoms with Crippen LogP contribution in [-0.4, -0.2) is 38.7 Å². The van der Waals surface area contributed by atoms with Crippen LogP contribution in [0.1, 0.15) is 70.2 Å². The number of piperidine rings is 1. The van der Waals surface area contributed by atoms with Crippen molar-refractivity contribution in [1.82, 2.24) is 19.7 Å². The van der Waals surface area contributed by atoms with Gasteiger partial charge in [-0.2, -0.15) is 5.10 Å². The molecule has 1 N–H and O–H groups in total. The van der Waals surface area contributed by atoms with E-state index in [0.717, 1.165) is 38.2 Å². The molecule has 3 rings (SSSR count). The number of nitrogens with zero attached hydrogens (tertiary/aromatic N) is 3. The monoisotopic (exact) mass is 322 g/mol. The summed E-state index contributed by atoms with van der Waals surface area (Å²) in [6.45, 7) is 5.97. The number of hydrogen-bond donors (Lipinski definition) is 1.